The molecule has 0 aliphatic carbocycles. The molecule has 62 heavy (non-hydrogen) atoms. The van der Waals surface area contributed by atoms with Crippen LogP contribution in [0.3, 0.4) is 0 Å². The van der Waals surface area contributed by atoms with Gasteiger partial charge in [-0.1, -0.05) is 237 Å². The molecule has 0 aromatic carbocycles. The predicted octanol–water partition coefficient (Wildman–Crippen LogP) is 16.7. The van der Waals surface area contributed by atoms with E-state index in [1.165, 1.54) is 96.3 Å². The first-order valence-corrected chi connectivity index (χ1v) is 25.4. The molecular formula is C58H95NO3. The summed E-state index contributed by atoms with van der Waals surface area (Å²) in [7, 11) is 0. The number of carbonyl (C=O) groups is 1. The highest BCUT2D eigenvalue weighted by Crippen LogP contribution is 2.14. The number of allylic oxidation sites excluding steroid dienone is 21. The summed E-state index contributed by atoms with van der Waals surface area (Å²) in [5.41, 5.74) is 0. The van der Waals surface area contributed by atoms with Gasteiger partial charge in [-0.05, 0) is 96.3 Å². The highest BCUT2D eigenvalue weighted by molar-refractivity contribution is 5.76. The van der Waals surface area contributed by atoms with Crippen LogP contribution in [0.5, 0.6) is 0 Å². The molecule has 0 heterocycles. The molecule has 0 radical (unpaired) electrons. The van der Waals surface area contributed by atoms with E-state index in [1.807, 2.05) is 6.08 Å². The molecule has 0 aliphatic heterocycles. The third kappa shape index (κ3) is 47.6. The van der Waals surface area contributed by atoms with E-state index < -0.39 is 12.1 Å². The number of amides is 1. The molecule has 0 fully saturated rings. The Bertz CT molecular complexity index is 1290. The van der Waals surface area contributed by atoms with E-state index in [9.17, 15) is 15.0 Å². The van der Waals surface area contributed by atoms with Crippen LogP contribution in [0.25, 0.3) is 0 Å². The van der Waals surface area contributed by atoms with E-state index in [2.05, 4.69) is 141 Å². The Morgan fingerprint density at radius 3 is 1.13 bits per heavy atom. The maximum absolute atomic E-state index is 12.4. The fourth-order valence-corrected chi connectivity index (χ4v) is 6.78. The van der Waals surface area contributed by atoms with Gasteiger partial charge in [0.05, 0.1) is 18.8 Å². The summed E-state index contributed by atoms with van der Waals surface area (Å²) < 4.78 is 0. The minimum Gasteiger partial charge on any atom is -0.394 e. The molecule has 4 heteroatoms. The van der Waals surface area contributed by atoms with Crippen LogP contribution in [-0.4, -0.2) is 34.9 Å². The number of nitrogens with one attached hydrogen (secondary N) is 1. The molecule has 4 nitrogen and oxygen atoms in total. The molecule has 0 bridgehead atoms. The maximum Gasteiger partial charge on any atom is 0.220 e. The summed E-state index contributed by atoms with van der Waals surface area (Å²) in [6.07, 6.45) is 81.6. The molecule has 0 saturated carbocycles. The van der Waals surface area contributed by atoms with Gasteiger partial charge in [-0.25, -0.2) is 0 Å². The molecule has 1 amide bonds. The largest absolute Gasteiger partial charge is 0.394 e. The fraction of sp³-hybridized carbons (Fsp3) is 0.603. The molecule has 0 saturated heterocycles. The van der Waals surface area contributed by atoms with Crippen molar-refractivity contribution in [1.82, 2.24) is 5.32 Å². The average molecular weight is 854 g/mol. The van der Waals surface area contributed by atoms with Crippen LogP contribution in [0, 0.1) is 0 Å². The number of hydrogen-bond acceptors (Lipinski definition) is 3. The molecule has 0 aromatic heterocycles. The van der Waals surface area contributed by atoms with Gasteiger partial charge in [0.15, 0.2) is 0 Å². The van der Waals surface area contributed by atoms with Gasteiger partial charge in [-0.2, -0.15) is 0 Å². The molecule has 350 valence electrons. The second-order valence-electron chi connectivity index (χ2n) is 16.5. The first-order chi connectivity index (χ1) is 30.7. The Hall–Kier alpha value is -3.47. The lowest BCUT2D eigenvalue weighted by atomic mass is 10.0. The van der Waals surface area contributed by atoms with Crippen molar-refractivity contribution < 1.29 is 15.0 Å². The summed E-state index contributed by atoms with van der Waals surface area (Å²) >= 11 is 0. The zero-order valence-corrected chi connectivity index (χ0v) is 40.1. The van der Waals surface area contributed by atoms with Gasteiger partial charge in [-0.3, -0.25) is 4.79 Å². The van der Waals surface area contributed by atoms with Crippen LogP contribution in [0.4, 0.5) is 0 Å². The summed E-state index contributed by atoms with van der Waals surface area (Å²) in [6.45, 7) is 4.15. The van der Waals surface area contributed by atoms with Gasteiger partial charge in [-0.15, -0.1) is 0 Å². The Labute approximate surface area is 383 Å². The van der Waals surface area contributed by atoms with Crippen molar-refractivity contribution in [2.75, 3.05) is 6.61 Å². The molecule has 0 aromatic rings. The Morgan fingerprint density at radius 2 is 0.726 bits per heavy atom. The van der Waals surface area contributed by atoms with E-state index in [-0.39, 0.29) is 12.5 Å². The van der Waals surface area contributed by atoms with Gasteiger partial charge in [0.1, 0.15) is 0 Å². The quantitative estimate of drug-likeness (QED) is 0.0422. The monoisotopic (exact) mass is 854 g/mol. The third-order valence-electron chi connectivity index (χ3n) is 10.6. The zero-order valence-electron chi connectivity index (χ0n) is 40.1. The van der Waals surface area contributed by atoms with Crippen molar-refractivity contribution in [2.45, 2.75) is 219 Å². The first kappa shape index (κ1) is 58.5. The minimum atomic E-state index is -0.897. The van der Waals surface area contributed by atoms with Crippen molar-refractivity contribution in [3.63, 3.8) is 0 Å². The Kier molecular flexibility index (Phi) is 49.0. The highest BCUT2D eigenvalue weighted by Gasteiger charge is 2.17. The van der Waals surface area contributed by atoms with Crippen LogP contribution in [0.15, 0.2) is 134 Å². The van der Waals surface area contributed by atoms with Crippen LogP contribution in [0.2, 0.25) is 0 Å². The molecule has 0 rings (SSSR count). The SMILES string of the molecule is CC/C=C\C/C=C\C/C=C\C/C=C\C/C=C\C/C=C\C/C=C\C/C=C\C/C=C\CCCC(=O)NC(CO)C(O)/C=C/CC/C=C/CCCCCCCCCCCCCCCCC. The highest BCUT2D eigenvalue weighted by atomic mass is 16.3. The van der Waals surface area contributed by atoms with Crippen molar-refractivity contribution in [2.24, 2.45) is 0 Å². The Balaban J connectivity index is 3.77. The van der Waals surface area contributed by atoms with E-state index in [1.54, 1.807) is 6.08 Å². The third-order valence-corrected chi connectivity index (χ3v) is 10.6. The minimum absolute atomic E-state index is 0.137. The van der Waals surface area contributed by atoms with Crippen molar-refractivity contribution in [3.8, 4) is 0 Å². The number of hydrogen-bond donors (Lipinski definition) is 3. The Morgan fingerprint density at radius 1 is 0.403 bits per heavy atom. The topological polar surface area (TPSA) is 69.6 Å². The number of carbonyl (C=O) groups excluding carboxylic acids is 1. The summed E-state index contributed by atoms with van der Waals surface area (Å²) in [4.78, 5) is 12.4. The van der Waals surface area contributed by atoms with Crippen molar-refractivity contribution in [1.29, 1.82) is 0 Å². The zero-order chi connectivity index (χ0) is 44.9. The summed E-state index contributed by atoms with van der Waals surface area (Å²) in [5.74, 6) is -0.137. The number of unbranched alkanes of at least 4 members (excludes halogenated alkanes) is 17. The van der Waals surface area contributed by atoms with Crippen molar-refractivity contribution in [3.05, 3.63) is 134 Å². The number of aliphatic hydroxyl groups excluding tert-OH is 2. The maximum atomic E-state index is 12.4. The van der Waals surface area contributed by atoms with Gasteiger partial charge in [0.2, 0.25) is 5.91 Å². The lowest BCUT2D eigenvalue weighted by molar-refractivity contribution is -0.122. The normalized spacial score (nSPS) is 14.1. The van der Waals surface area contributed by atoms with Gasteiger partial charge in [0.25, 0.3) is 0 Å². The number of aliphatic hydroxyl groups is 2. The molecule has 3 N–H and O–H groups in total. The van der Waals surface area contributed by atoms with Gasteiger partial charge in [0, 0.05) is 6.42 Å². The van der Waals surface area contributed by atoms with Crippen molar-refractivity contribution >= 4 is 5.91 Å². The molecule has 2 unspecified atom stereocenters. The van der Waals surface area contributed by atoms with Crippen LogP contribution >= 0.6 is 0 Å². The number of rotatable bonds is 44. The lowest BCUT2D eigenvalue weighted by Gasteiger charge is -2.19. The summed E-state index contributed by atoms with van der Waals surface area (Å²) in [5, 5.41) is 23.0. The smallest absolute Gasteiger partial charge is 0.220 e. The van der Waals surface area contributed by atoms with E-state index >= 15 is 0 Å². The van der Waals surface area contributed by atoms with Crippen LogP contribution in [-0.2, 0) is 4.79 Å². The van der Waals surface area contributed by atoms with E-state index in [0.29, 0.717) is 6.42 Å². The van der Waals surface area contributed by atoms with Crippen LogP contribution in [0.1, 0.15) is 206 Å². The molecule has 0 aliphatic rings. The van der Waals surface area contributed by atoms with E-state index in [0.717, 1.165) is 89.9 Å². The summed E-state index contributed by atoms with van der Waals surface area (Å²) in [6, 6.07) is -0.681. The molecule has 2 atom stereocenters. The van der Waals surface area contributed by atoms with Crippen LogP contribution < -0.4 is 5.32 Å². The predicted molar refractivity (Wildman–Crippen MR) is 275 cm³/mol. The molecular weight excluding hydrogens is 759 g/mol. The second-order valence-corrected chi connectivity index (χ2v) is 16.5. The molecule has 0 spiro atoms. The van der Waals surface area contributed by atoms with Gasteiger partial charge >= 0.3 is 0 Å². The van der Waals surface area contributed by atoms with Gasteiger partial charge < -0.3 is 15.5 Å². The van der Waals surface area contributed by atoms with E-state index in [4.69, 9.17) is 0 Å². The fourth-order valence-electron chi connectivity index (χ4n) is 6.78. The average Bonchev–Trinajstić information content (AvgIpc) is 3.28. The lowest BCUT2D eigenvalue weighted by Crippen LogP contribution is -2.45. The standard InChI is InChI=1S/C58H95NO3/c1-3-5-7-9-11-13-15-17-19-21-23-25-26-27-28-29-30-31-32-34-36-38-40-42-44-46-48-50-52-54-58(62)59-56(55-60)57(61)53-51-49-47-45-43-41-39-37-35-33-24-22-20-18-16-14-12-10-8-6-4-2/h5,7,11,13,17,19,23,25,27-28,30-31,34,36,40,42-43,45-46,48,51,53,56-57,60-61H,3-4,6,8-10,12,14-16,18,20-22,24,26,29,32-33,35,37-39,41,44,47,49-50,52,54-55H2,1-2H3,(H,59,62)/b7-5-,13-11-,19-17-,25-23-,28-27-,31-30-,36-34-,42-40-,45-43+,48-46-,53-51+. The first-order valence-electron chi connectivity index (χ1n) is 25.4. The second kappa shape index (κ2) is 51.9.